The molecule has 0 aliphatic carbocycles. The number of aryl methyl sites for hydroxylation is 1. The summed E-state index contributed by atoms with van der Waals surface area (Å²) in [7, 11) is 0. The second-order valence-corrected chi connectivity index (χ2v) is 4.31. The van der Waals surface area contributed by atoms with E-state index in [2.05, 4.69) is 36.9 Å². The standard InChI is InChI=1S/C12H21N3/c1-10(2)5-7-15-8-6-12(14-15)9-13-11(3)4/h6,8,11,13H,1,5,7,9H2,2-4H3. The Morgan fingerprint density at radius 3 is 2.93 bits per heavy atom. The Hall–Kier alpha value is -1.09. The van der Waals surface area contributed by atoms with Crippen molar-refractivity contribution in [2.24, 2.45) is 0 Å². The van der Waals surface area contributed by atoms with Gasteiger partial charge in [-0.25, -0.2) is 0 Å². The molecule has 0 unspecified atom stereocenters. The molecule has 1 aromatic heterocycles. The van der Waals surface area contributed by atoms with Crippen LogP contribution in [0.1, 0.15) is 32.9 Å². The minimum Gasteiger partial charge on any atom is -0.309 e. The van der Waals surface area contributed by atoms with Crippen LogP contribution in [-0.4, -0.2) is 15.8 Å². The molecule has 0 amide bonds. The third kappa shape index (κ3) is 4.79. The highest BCUT2D eigenvalue weighted by Crippen LogP contribution is 2.01. The Balaban J connectivity index is 2.38. The maximum Gasteiger partial charge on any atom is 0.0762 e. The lowest BCUT2D eigenvalue weighted by Crippen LogP contribution is -2.22. The van der Waals surface area contributed by atoms with Crippen LogP contribution in [0.4, 0.5) is 0 Å². The van der Waals surface area contributed by atoms with E-state index in [1.54, 1.807) is 0 Å². The monoisotopic (exact) mass is 207 g/mol. The van der Waals surface area contributed by atoms with Crippen molar-refractivity contribution in [2.45, 2.75) is 46.3 Å². The van der Waals surface area contributed by atoms with Crippen LogP contribution in [-0.2, 0) is 13.1 Å². The summed E-state index contributed by atoms with van der Waals surface area (Å²) >= 11 is 0. The maximum absolute atomic E-state index is 4.47. The lowest BCUT2D eigenvalue weighted by molar-refractivity contribution is 0.558. The van der Waals surface area contributed by atoms with Crippen LogP contribution in [0.3, 0.4) is 0 Å². The predicted molar refractivity (Wildman–Crippen MR) is 63.6 cm³/mol. The van der Waals surface area contributed by atoms with Gasteiger partial charge in [-0.3, -0.25) is 4.68 Å². The average molecular weight is 207 g/mol. The van der Waals surface area contributed by atoms with Gasteiger partial charge < -0.3 is 5.32 Å². The van der Waals surface area contributed by atoms with E-state index in [0.29, 0.717) is 6.04 Å². The van der Waals surface area contributed by atoms with Crippen LogP contribution < -0.4 is 5.32 Å². The van der Waals surface area contributed by atoms with Gasteiger partial charge in [-0.1, -0.05) is 19.4 Å². The van der Waals surface area contributed by atoms with Crippen molar-refractivity contribution < 1.29 is 0 Å². The summed E-state index contributed by atoms with van der Waals surface area (Å²) in [5.74, 6) is 0. The van der Waals surface area contributed by atoms with Crippen LogP contribution in [0.15, 0.2) is 24.4 Å². The summed E-state index contributed by atoms with van der Waals surface area (Å²) in [5, 5.41) is 7.81. The van der Waals surface area contributed by atoms with E-state index in [-0.39, 0.29) is 0 Å². The van der Waals surface area contributed by atoms with E-state index in [1.807, 2.05) is 17.8 Å². The van der Waals surface area contributed by atoms with Crippen LogP contribution in [0.25, 0.3) is 0 Å². The lowest BCUT2D eigenvalue weighted by atomic mass is 10.2. The van der Waals surface area contributed by atoms with Crippen molar-refractivity contribution in [3.8, 4) is 0 Å². The Kier molecular flexibility index (Phi) is 4.56. The van der Waals surface area contributed by atoms with Crippen molar-refractivity contribution in [1.82, 2.24) is 15.1 Å². The zero-order chi connectivity index (χ0) is 11.3. The first-order chi connectivity index (χ1) is 7.08. The predicted octanol–water partition coefficient (Wildman–Crippen LogP) is 2.35. The molecule has 1 rings (SSSR count). The molecule has 0 fully saturated rings. The molecule has 3 heteroatoms. The number of hydrogen-bond donors (Lipinski definition) is 1. The van der Waals surface area contributed by atoms with Gasteiger partial charge in [0.2, 0.25) is 0 Å². The molecular weight excluding hydrogens is 186 g/mol. The van der Waals surface area contributed by atoms with Gasteiger partial charge >= 0.3 is 0 Å². The van der Waals surface area contributed by atoms with Gasteiger partial charge in [-0.2, -0.15) is 5.10 Å². The lowest BCUT2D eigenvalue weighted by Gasteiger charge is -2.05. The zero-order valence-electron chi connectivity index (χ0n) is 9.95. The molecule has 3 nitrogen and oxygen atoms in total. The normalized spacial score (nSPS) is 10.9. The topological polar surface area (TPSA) is 29.9 Å². The molecule has 0 aromatic carbocycles. The van der Waals surface area contributed by atoms with E-state index in [1.165, 1.54) is 5.57 Å². The molecular formula is C12H21N3. The molecule has 1 aromatic rings. The molecule has 0 bridgehead atoms. The molecule has 1 N–H and O–H groups in total. The van der Waals surface area contributed by atoms with E-state index >= 15 is 0 Å². The summed E-state index contributed by atoms with van der Waals surface area (Å²) in [6, 6.07) is 2.57. The highest BCUT2D eigenvalue weighted by Gasteiger charge is 1.99. The second-order valence-electron chi connectivity index (χ2n) is 4.31. The number of nitrogens with zero attached hydrogens (tertiary/aromatic N) is 2. The number of allylic oxidation sites excluding steroid dienone is 1. The van der Waals surface area contributed by atoms with E-state index < -0.39 is 0 Å². The Bertz CT molecular complexity index is 312. The van der Waals surface area contributed by atoms with Gasteiger partial charge in [-0.05, 0) is 19.4 Å². The van der Waals surface area contributed by atoms with Gasteiger partial charge in [0.25, 0.3) is 0 Å². The van der Waals surface area contributed by atoms with Crippen LogP contribution >= 0.6 is 0 Å². The smallest absolute Gasteiger partial charge is 0.0762 e. The molecule has 0 atom stereocenters. The van der Waals surface area contributed by atoms with Gasteiger partial charge in [0, 0.05) is 25.3 Å². The van der Waals surface area contributed by atoms with Gasteiger partial charge in [0.05, 0.1) is 5.69 Å². The highest BCUT2D eigenvalue weighted by atomic mass is 15.3. The molecule has 0 saturated carbocycles. The van der Waals surface area contributed by atoms with Crippen LogP contribution in [0.5, 0.6) is 0 Å². The fourth-order valence-electron chi connectivity index (χ4n) is 1.24. The van der Waals surface area contributed by atoms with Crippen molar-refractivity contribution in [2.75, 3.05) is 0 Å². The molecule has 0 aliphatic rings. The molecule has 84 valence electrons. The summed E-state index contributed by atoms with van der Waals surface area (Å²) in [6.45, 7) is 12.0. The van der Waals surface area contributed by atoms with Crippen molar-refractivity contribution in [3.63, 3.8) is 0 Å². The summed E-state index contributed by atoms with van der Waals surface area (Å²) in [4.78, 5) is 0. The van der Waals surface area contributed by atoms with Gasteiger partial charge in [0.15, 0.2) is 0 Å². The first-order valence-electron chi connectivity index (χ1n) is 5.48. The molecule has 0 aliphatic heterocycles. The summed E-state index contributed by atoms with van der Waals surface area (Å²) in [5.41, 5.74) is 2.30. The minimum atomic E-state index is 0.505. The Labute approximate surface area is 92.2 Å². The third-order valence-corrected chi connectivity index (χ3v) is 2.15. The molecule has 0 radical (unpaired) electrons. The van der Waals surface area contributed by atoms with Crippen molar-refractivity contribution in [3.05, 3.63) is 30.1 Å². The average Bonchev–Trinajstić information content (AvgIpc) is 2.59. The van der Waals surface area contributed by atoms with E-state index in [0.717, 1.165) is 25.2 Å². The quantitative estimate of drug-likeness (QED) is 0.726. The molecule has 1 heterocycles. The van der Waals surface area contributed by atoms with Crippen molar-refractivity contribution >= 4 is 0 Å². The first kappa shape index (κ1) is 12.0. The number of rotatable bonds is 6. The van der Waals surface area contributed by atoms with Gasteiger partial charge in [-0.15, -0.1) is 6.58 Å². The Morgan fingerprint density at radius 2 is 2.33 bits per heavy atom. The molecule has 0 saturated heterocycles. The third-order valence-electron chi connectivity index (χ3n) is 2.15. The van der Waals surface area contributed by atoms with E-state index in [4.69, 9.17) is 0 Å². The molecule has 0 spiro atoms. The second kappa shape index (κ2) is 5.71. The Morgan fingerprint density at radius 1 is 1.60 bits per heavy atom. The summed E-state index contributed by atoms with van der Waals surface area (Å²) < 4.78 is 1.98. The maximum atomic E-state index is 4.47. The number of hydrogen-bond acceptors (Lipinski definition) is 2. The van der Waals surface area contributed by atoms with Crippen LogP contribution in [0, 0.1) is 0 Å². The first-order valence-corrected chi connectivity index (χ1v) is 5.48. The fourth-order valence-corrected chi connectivity index (χ4v) is 1.24. The zero-order valence-corrected chi connectivity index (χ0v) is 9.95. The number of nitrogens with one attached hydrogen (secondary N) is 1. The SMILES string of the molecule is C=C(C)CCn1ccc(CNC(C)C)n1. The minimum absolute atomic E-state index is 0.505. The fraction of sp³-hybridized carbons (Fsp3) is 0.583. The molecule has 15 heavy (non-hydrogen) atoms. The highest BCUT2D eigenvalue weighted by molar-refractivity contribution is 4.99. The van der Waals surface area contributed by atoms with Gasteiger partial charge in [0.1, 0.15) is 0 Å². The van der Waals surface area contributed by atoms with Crippen molar-refractivity contribution in [1.29, 1.82) is 0 Å². The van der Waals surface area contributed by atoms with E-state index in [9.17, 15) is 0 Å². The summed E-state index contributed by atoms with van der Waals surface area (Å²) in [6.07, 6.45) is 3.03. The van der Waals surface area contributed by atoms with Crippen LogP contribution in [0.2, 0.25) is 0 Å². The number of aromatic nitrogens is 2. The largest absolute Gasteiger partial charge is 0.309 e.